The molecule has 4 aromatic rings. The minimum atomic E-state index is -3.75. The van der Waals surface area contributed by atoms with E-state index in [1.807, 2.05) is 26.0 Å². The Balaban J connectivity index is 1.50. The van der Waals surface area contributed by atoms with Crippen LogP contribution in [0.4, 0.5) is 11.4 Å². The van der Waals surface area contributed by atoms with Gasteiger partial charge in [-0.1, -0.05) is 24.3 Å². The van der Waals surface area contributed by atoms with Crippen molar-refractivity contribution in [2.24, 2.45) is 0 Å². The number of phenolic OH excluding ortho intramolecular Hbond substituents is 1. The van der Waals surface area contributed by atoms with Crippen LogP contribution in [0.2, 0.25) is 0 Å². The lowest BCUT2D eigenvalue weighted by Crippen LogP contribution is -2.26. The Labute approximate surface area is 197 Å². The highest BCUT2D eigenvalue weighted by molar-refractivity contribution is 7.92. The van der Waals surface area contributed by atoms with E-state index in [0.29, 0.717) is 22.6 Å². The van der Waals surface area contributed by atoms with Crippen LogP contribution in [0.15, 0.2) is 77.7 Å². The largest absolute Gasteiger partial charge is 0.507 e. The van der Waals surface area contributed by atoms with Crippen LogP contribution in [0, 0.1) is 13.8 Å². The molecule has 174 valence electrons. The number of sulfonamides is 1. The van der Waals surface area contributed by atoms with Crippen LogP contribution in [-0.4, -0.2) is 36.7 Å². The van der Waals surface area contributed by atoms with Crippen molar-refractivity contribution in [2.45, 2.75) is 18.7 Å². The fourth-order valence-corrected chi connectivity index (χ4v) is 4.88. The van der Waals surface area contributed by atoms with Gasteiger partial charge in [-0.15, -0.1) is 0 Å². The Morgan fingerprint density at radius 2 is 1.68 bits per heavy atom. The number of carbonyl (C=O) groups is 1. The number of aromatic hydroxyl groups is 1. The van der Waals surface area contributed by atoms with Crippen LogP contribution in [0.5, 0.6) is 5.75 Å². The first-order chi connectivity index (χ1) is 16.2. The Hall–Kier alpha value is -4.11. The third-order valence-electron chi connectivity index (χ3n) is 5.43. The van der Waals surface area contributed by atoms with Crippen LogP contribution >= 0.6 is 0 Å². The molecule has 0 bridgehead atoms. The van der Waals surface area contributed by atoms with E-state index in [1.165, 1.54) is 35.6 Å². The maximum absolute atomic E-state index is 12.9. The van der Waals surface area contributed by atoms with Gasteiger partial charge < -0.3 is 10.4 Å². The maximum atomic E-state index is 12.9. The van der Waals surface area contributed by atoms with Gasteiger partial charge in [0, 0.05) is 18.3 Å². The number of aromatic nitrogens is 2. The predicted molar refractivity (Wildman–Crippen MR) is 132 cm³/mol. The SMILES string of the molecule is Cc1cc(C)c(-c2cc(C(=O)Nc3ccc(S(=O)(=O)N(C)c4ccccc4)cc3)[nH]n2)c(O)c1. The van der Waals surface area contributed by atoms with Gasteiger partial charge in [-0.2, -0.15) is 5.10 Å². The van der Waals surface area contributed by atoms with E-state index < -0.39 is 15.9 Å². The van der Waals surface area contributed by atoms with Crippen LogP contribution in [0.1, 0.15) is 21.6 Å². The first kappa shape index (κ1) is 23.1. The zero-order valence-corrected chi connectivity index (χ0v) is 19.7. The summed E-state index contributed by atoms with van der Waals surface area (Å²) < 4.78 is 27.0. The minimum absolute atomic E-state index is 0.0910. The Bertz CT molecular complexity index is 1420. The molecule has 0 spiro atoms. The number of hydrogen-bond acceptors (Lipinski definition) is 5. The van der Waals surface area contributed by atoms with E-state index in [1.54, 1.807) is 36.4 Å². The van der Waals surface area contributed by atoms with Crippen LogP contribution in [-0.2, 0) is 10.0 Å². The molecule has 9 heteroatoms. The highest BCUT2D eigenvalue weighted by atomic mass is 32.2. The second-order valence-electron chi connectivity index (χ2n) is 7.93. The smallest absolute Gasteiger partial charge is 0.273 e. The summed E-state index contributed by atoms with van der Waals surface area (Å²) in [6.45, 7) is 3.75. The summed E-state index contributed by atoms with van der Waals surface area (Å²) in [5.74, 6) is -0.353. The van der Waals surface area contributed by atoms with E-state index >= 15 is 0 Å². The summed E-state index contributed by atoms with van der Waals surface area (Å²) in [6, 6.07) is 19.8. The third kappa shape index (κ3) is 4.51. The van der Waals surface area contributed by atoms with Crippen molar-refractivity contribution in [3.8, 4) is 17.0 Å². The lowest BCUT2D eigenvalue weighted by Gasteiger charge is -2.19. The number of nitrogens with one attached hydrogen (secondary N) is 2. The molecule has 1 heterocycles. The second kappa shape index (κ2) is 9.03. The molecule has 4 rings (SSSR count). The van der Waals surface area contributed by atoms with E-state index in [9.17, 15) is 18.3 Å². The number of anilines is 2. The number of phenols is 1. The fourth-order valence-electron chi connectivity index (χ4n) is 3.69. The van der Waals surface area contributed by atoms with Crippen molar-refractivity contribution in [2.75, 3.05) is 16.7 Å². The van der Waals surface area contributed by atoms with Gasteiger partial charge in [-0.3, -0.25) is 14.2 Å². The van der Waals surface area contributed by atoms with Crippen molar-refractivity contribution < 1.29 is 18.3 Å². The first-order valence-electron chi connectivity index (χ1n) is 10.5. The van der Waals surface area contributed by atoms with E-state index in [0.717, 1.165) is 11.1 Å². The van der Waals surface area contributed by atoms with Gasteiger partial charge in [0.15, 0.2) is 0 Å². The average molecular weight is 477 g/mol. The van der Waals surface area contributed by atoms with Crippen molar-refractivity contribution in [3.63, 3.8) is 0 Å². The summed E-state index contributed by atoms with van der Waals surface area (Å²) in [5.41, 5.74) is 3.95. The molecule has 0 saturated carbocycles. The number of nitrogens with zero attached hydrogens (tertiary/aromatic N) is 2. The Morgan fingerprint density at radius 1 is 1.00 bits per heavy atom. The number of amides is 1. The summed E-state index contributed by atoms with van der Waals surface area (Å²) in [6.07, 6.45) is 0. The lowest BCUT2D eigenvalue weighted by atomic mass is 10.0. The van der Waals surface area contributed by atoms with Crippen LogP contribution < -0.4 is 9.62 Å². The van der Waals surface area contributed by atoms with Gasteiger partial charge in [-0.05, 0) is 73.5 Å². The molecule has 0 radical (unpaired) electrons. The first-order valence-corrected chi connectivity index (χ1v) is 11.9. The van der Waals surface area contributed by atoms with Gasteiger partial charge in [0.2, 0.25) is 0 Å². The van der Waals surface area contributed by atoms with E-state index in [-0.39, 0.29) is 16.3 Å². The summed E-state index contributed by atoms with van der Waals surface area (Å²) >= 11 is 0. The summed E-state index contributed by atoms with van der Waals surface area (Å²) in [5, 5.41) is 19.9. The number of hydrogen-bond donors (Lipinski definition) is 3. The molecular weight excluding hydrogens is 452 g/mol. The van der Waals surface area contributed by atoms with Crippen molar-refractivity contribution >= 4 is 27.3 Å². The molecule has 3 aromatic carbocycles. The van der Waals surface area contributed by atoms with Gasteiger partial charge in [-0.25, -0.2) is 8.42 Å². The van der Waals surface area contributed by atoms with Crippen LogP contribution in [0.3, 0.4) is 0 Å². The molecule has 0 aliphatic heterocycles. The summed E-state index contributed by atoms with van der Waals surface area (Å²) in [7, 11) is -2.26. The number of aryl methyl sites for hydroxylation is 2. The molecule has 8 nitrogen and oxygen atoms in total. The molecular formula is C25H24N4O4S. The highest BCUT2D eigenvalue weighted by Crippen LogP contribution is 2.32. The monoisotopic (exact) mass is 476 g/mol. The lowest BCUT2D eigenvalue weighted by molar-refractivity contribution is 0.102. The quantitative estimate of drug-likeness (QED) is 0.380. The minimum Gasteiger partial charge on any atom is -0.507 e. The molecule has 1 amide bonds. The van der Waals surface area contributed by atoms with Crippen molar-refractivity contribution in [1.82, 2.24) is 10.2 Å². The average Bonchev–Trinajstić information content (AvgIpc) is 3.28. The number of carbonyl (C=O) groups excluding carboxylic acids is 1. The van der Waals surface area contributed by atoms with E-state index in [4.69, 9.17) is 0 Å². The molecule has 0 saturated heterocycles. The zero-order valence-electron chi connectivity index (χ0n) is 18.9. The normalized spacial score (nSPS) is 11.3. The van der Waals surface area contributed by atoms with Gasteiger partial charge in [0.05, 0.1) is 16.3 Å². The topological polar surface area (TPSA) is 115 Å². The number of benzene rings is 3. The van der Waals surface area contributed by atoms with Crippen molar-refractivity contribution in [1.29, 1.82) is 0 Å². The van der Waals surface area contributed by atoms with Gasteiger partial charge in [0.1, 0.15) is 11.4 Å². The standard InChI is InChI=1S/C25H24N4O4S/c1-16-13-17(2)24(23(30)14-16)21-15-22(28-27-21)25(31)26-18-9-11-20(12-10-18)34(32,33)29(3)19-7-5-4-6-8-19/h4-15,30H,1-3H3,(H,26,31)(H,27,28). The fraction of sp³-hybridized carbons (Fsp3) is 0.120. The number of para-hydroxylation sites is 1. The second-order valence-corrected chi connectivity index (χ2v) is 9.90. The van der Waals surface area contributed by atoms with E-state index in [2.05, 4.69) is 15.5 Å². The number of aromatic amines is 1. The molecule has 0 unspecified atom stereocenters. The van der Waals surface area contributed by atoms with Crippen molar-refractivity contribution in [3.05, 3.63) is 89.6 Å². The molecule has 0 atom stereocenters. The van der Waals surface area contributed by atoms with Gasteiger partial charge >= 0.3 is 0 Å². The molecule has 1 aromatic heterocycles. The zero-order chi connectivity index (χ0) is 24.5. The molecule has 3 N–H and O–H groups in total. The number of rotatable bonds is 6. The Morgan fingerprint density at radius 3 is 2.32 bits per heavy atom. The predicted octanol–water partition coefficient (Wildman–Crippen LogP) is 4.48. The Kier molecular flexibility index (Phi) is 6.12. The highest BCUT2D eigenvalue weighted by Gasteiger charge is 2.21. The molecule has 0 aliphatic rings. The molecule has 34 heavy (non-hydrogen) atoms. The maximum Gasteiger partial charge on any atom is 0.273 e. The molecule has 0 fully saturated rings. The summed E-state index contributed by atoms with van der Waals surface area (Å²) in [4.78, 5) is 12.8. The number of H-pyrrole nitrogens is 1. The molecule has 0 aliphatic carbocycles. The van der Waals surface area contributed by atoms with Gasteiger partial charge in [0.25, 0.3) is 15.9 Å². The van der Waals surface area contributed by atoms with Crippen LogP contribution in [0.25, 0.3) is 11.3 Å². The third-order valence-corrected chi connectivity index (χ3v) is 7.23.